The number of non-ortho nitro benzene ring substituents is 1. The third-order valence-corrected chi connectivity index (χ3v) is 2.99. The summed E-state index contributed by atoms with van der Waals surface area (Å²) in [7, 11) is 0. The van der Waals surface area contributed by atoms with Gasteiger partial charge in [-0.3, -0.25) is 10.1 Å². The first-order valence-corrected chi connectivity index (χ1v) is 6.08. The number of hydrogen-bond acceptors (Lipinski definition) is 5. The van der Waals surface area contributed by atoms with E-state index in [1.165, 1.54) is 36.5 Å². The van der Waals surface area contributed by atoms with Crippen LogP contribution < -0.4 is 4.74 Å². The van der Waals surface area contributed by atoms with E-state index in [9.17, 15) is 14.9 Å². The Morgan fingerprint density at radius 1 is 1.40 bits per heavy atom. The minimum Gasteiger partial charge on any atom is -0.477 e. The van der Waals surface area contributed by atoms with Crippen molar-refractivity contribution in [1.29, 1.82) is 0 Å². The molecule has 1 aromatic carbocycles. The molecule has 2 rings (SSSR count). The topological polar surface area (TPSA) is 103 Å². The zero-order valence-corrected chi connectivity index (χ0v) is 11.4. The monoisotopic (exact) mass is 338 g/mol. The number of carboxylic acid groups (broad SMARTS) is 1. The van der Waals surface area contributed by atoms with Crippen molar-refractivity contribution < 1.29 is 19.6 Å². The number of rotatable bonds is 4. The second-order valence-electron chi connectivity index (χ2n) is 3.64. The Balaban J connectivity index is 2.42. The highest BCUT2D eigenvalue weighted by Crippen LogP contribution is 2.33. The van der Waals surface area contributed by atoms with Crippen molar-refractivity contribution in [1.82, 2.24) is 4.98 Å². The maximum atomic E-state index is 11.0. The van der Waals surface area contributed by atoms with Crippen LogP contribution in [0.4, 0.5) is 5.69 Å². The van der Waals surface area contributed by atoms with Gasteiger partial charge < -0.3 is 9.84 Å². The van der Waals surface area contributed by atoms with Gasteiger partial charge in [-0.25, -0.2) is 9.78 Å². The van der Waals surface area contributed by atoms with Crippen molar-refractivity contribution in [3.05, 3.63) is 56.7 Å². The zero-order valence-electron chi connectivity index (χ0n) is 9.82. The molecule has 0 saturated heterocycles. The normalized spacial score (nSPS) is 10.1. The smallest absolute Gasteiger partial charge is 0.341 e. The summed E-state index contributed by atoms with van der Waals surface area (Å²) in [5.41, 5.74) is -0.304. The Bertz CT molecular complexity index is 689. The van der Waals surface area contributed by atoms with Crippen LogP contribution in [-0.2, 0) is 0 Å². The lowest BCUT2D eigenvalue weighted by molar-refractivity contribution is -0.384. The number of nitrogens with zero attached hydrogens (tertiary/aromatic N) is 2. The number of aromatic carboxylic acids is 1. The van der Waals surface area contributed by atoms with Gasteiger partial charge in [0.25, 0.3) is 5.69 Å². The van der Waals surface area contributed by atoms with Crippen molar-refractivity contribution >= 4 is 27.6 Å². The van der Waals surface area contributed by atoms with Gasteiger partial charge >= 0.3 is 5.97 Å². The van der Waals surface area contributed by atoms with E-state index < -0.39 is 10.9 Å². The maximum absolute atomic E-state index is 11.0. The van der Waals surface area contributed by atoms with Gasteiger partial charge in [-0.15, -0.1) is 0 Å². The van der Waals surface area contributed by atoms with E-state index in [1.54, 1.807) is 0 Å². The van der Waals surface area contributed by atoms with E-state index in [0.717, 1.165) is 0 Å². The molecule has 7 nitrogen and oxygen atoms in total. The summed E-state index contributed by atoms with van der Waals surface area (Å²) >= 11 is 3.18. The van der Waals surface area contributed by atoms with Crippen LogP contribution in [-0.4, -0.2) is 21.0 Å². The fourth-order valence-electron chi connectivity index (χ4n) is 1.42. The summed E-state index contributed by atoms with van der Waals surface area (Å²) in [5, 5.41) is 19.7. The maximum Gasteiger partial charge on any atom is 0.341 e. The first kappa shape index (κ1) is 13.9. The summed E-state index contributed by atoms with van der Waals surface area (Å²) in [6.07, 6.45) is 1.37. The van der Waals surface area contributed by atoms with E-state index in [4.69, 9.17) is 9.84 Å². The first-order chi connectivity index (χ1) is 9.49. The van der Waals surface area contributed by atoms with Gasteiger partial charge in [0, 0.05) is 12.3 Å². The van der Waals surface area contributed by atoms with Crippen LogP contribution in [0.2, 0.25) is 0 Å². The van der Waals surface area contributed by atoms with E-state index in [-0.39, 0.29) is 22.9 Å². The van der Waals surface area contributed by atoms with E-state index >= 15 is 0 Å². The summed E-state index contributed by atoms with van der Waals surface area (Å²) in [6.45, 7) is 0. The molecule has 0 spiro atoms. The van der Waals surface area contributed by atoms with Crippen LogP contribution >= 0.6 is 15.9 Å². The molecule has 1 heterocycles. The van der Waals surface area contributed by atoms with Gasteiger partial charge in [0.15, 0.2) is 5.75 Å². The first-order valence-electron chi connectivity index (χ1n) is 5.29. The molecule has 0 amide bonds. The van der Waals surface area contributed by atoms with Crippen LogP contribution in [0.3, 0.4) is 0 Å². The molecule has 1 aromatic heterocycles. The number of aromatic nitrogens is 1. The molecule has 0 bridgehead atoms. The van der Waals surface area contributed by atoms with Crippen LogP contribution in [0.15, 0.2) is 41.0 Å². The van der Waals surface area contributed by atoms with Crippen molar-refractivity contribution in [3.63, 3.8) is 0 Å². The molecule has 0 unspecified atom stereocenters. The van der Waals surface area contributed by atoms with E-state index in [0.29, 0.717) is 4.47 Å². The fourth-order valence-corrected chi connectivity index (χ4v) is 1.75. The Morgan fingerprint density at radius 2 is 2.15 bits per heavy atom. The highest BCUT2D eigenvalue weighted by Gasteiger charge is 2.16. The van der Waals surface area contributed by atoms with Crippen molar-refractivity contribution in [2.75, 3.05) is 0 Å². The van der Waals surface area contributed by atoms with Crippen LogP contribution in [0, 0.1) is 10.1 Å². The molecule has 0 aliphatic rings. The quantitative estimate of drug-likeness (QED) is 0.678. The van der Waals surface area contributed by atoms with Gasteiger partial charge in [-0.2, -0.15) is 0 Å². The largest absolute Gasteiger partial charge is 0.477 e. The van der Waals surface area contributed by atoms with Gasteiger partial charge in [0.05, 0.1) is 15.5 Å². The average Bonchev–Trinajstić information content (AvgIpc) is 2.41. The van der Waals surface area contributed by atoms with Gasteiger partial charge in [0.1, 0.15) is 5.56 Å². The van der Waals surface area contributed by atoms with Crippen molar-refractivity contribution in [2.24, 2.45) is 0 Å². The minimum absolute atomic E-state index is 0.111. The van der Waals surface area contributed by atoms with Crippen LogP contribution in [0.5, 0.6) is 11.6 Å². The number of carbonyl (C=O) groups is 1. The molecule has 8 heteroatoms. The lowest BCUT2D eigenvalue weighted by atomic mass is 10.2. The number of carboxylic acids is 1. The number of hydrogen-bond donors (Lipinski definition) is 1. The Kier molecular flexibility index (Phi) is 3.94. The lowest BCUT2D eigenvalue weighted by Crippen LogP contribution is -2.02. The Labute approximate surface area is 121 Å². The molecule has 2 aromatic rings. The van der Waals surface area contributed by atoms with Crippen molar-refractivity contribution in [3.8, 4) is 11.6 Å². The molecular formula is C12H7BrN2O5. The van der Waals surface area contributed by atoms with Gasteiger partial charge in [-0.05, 0) is 34.1 Å². The Morgan fingerprint density at radius 3 is 2.80 bits per heavy atom. The standard InChI is InChI=1S/C12H7BrN2O5/c13-9-4-3-7(15(18)19)6-10(9)20-11-8(12(16)17)2-1-5-14-11/h1-6H,(H,16,17). The van der Waals surface area contributed by atoms with Crippen molar-refractivity contribution in [2.45, 2.75) is 0 Å². The number of pyridine rings is 1. The number of nitro groups is 1. The third-order valence-electron chi connectivity index (χ3n) is 2.33. The summed E-state index contributed by atoms with van der Waals surface area (Å²) < 4.78 is 5.80. The SMILES string of the molecule is O=C(O)c1cccnc1Oc1cc([N+](=O)[O-])ccc1Br. The highest BCUT2D eigenvalue weighted by atomic mass is 79.9. The molecule has 0 radical (unpaired) electrons. The predicted molar refractivity (Wildman–Crippen MR) is 72.1 cm³/mol. The highest BCUT2D eigenvalue weighted by molar-refractivity contribution is 9.10. The van der Waals surface area contributed by atoms with E-state index in [1.807, 2.05) is 0 Å². The molecule has 20 heavy (non-hydrogen) atoms. The molecule has 0 saturated carbocycles. The lowest BCUT2D eigenvalue weighted by Gasteiger charge is -2.08. The number of halogens is 1. The molecule has 0 aliphatic carbocycles. The van der Waals surface area contributed by atoms with Gasteiger partial charge in [0.2, 0.25) is 5.88 Å². The average molecular weight is 339 g/mol. The second-order valence-corrected chi connectivity index (χ2v) is 4.49. The minimum atomic E-state index is -1.20. The Hall–Kier alpha value is -2.48. The molecule has 0 fully saturated rings. The predicted octanol–water partition coefficient (Wildman–Crippen LogP) is 3.24. The fraction of sp³-hybridized carbons (Fsp3) is 0. The van der Waals surface area contributed by atoms with Crippen LogP contribution in [0.25, 0.3) is 0 Å². The van der Waals surface area contributed by atoms with E-state index in [2.05, 4.69) is 20.9 Å². The van der Waals surface area contributed by atoms with Crippen LogP contribution in [0.1, 0.15) is 10.4 Å². The molecule has 0 aliphatic heterocycles. The third kappa shape index (κ3) is 2.91. The molecule has 0 atom stereocenters. The molecule has 102 valence electrons. The number of benzene rings is 1. The number of nitro benzene ring substituents is 1. The zero-order chi connectivity index (χ0) is 14.7. The second kappa shape index (κ2) is 5.66. The summed E-state index contributed by atoms with van der Waals surface area (Å²) in [4.78, 5) is 25.0. The summed E-state index contributed by atoms with van der Waals surface area (Å²) in [5.74, 6) is -1.23. The van der Waals surface area contributed by atoms with Gasteiger partial charge in [-0.1, -0.05) is 0 Å². The summed E-state index contributed by atoms with van der Waals surface area (Å²) in [6, 6.07) is 6.71. The molecular weight excluding hydrogens is 332 g/mol. The molecule has 1 N–H and O–H groups in total. The number of ether oxygens (including phenoxy) is 1.